The van der Waals surface area contributed by atoms with Crippen LogP contribution in [0.3, 0.4) is 0 Å². The number of rotatable bonds is 3. The van der Waals surface area contributed by atoms with E-state index in [4.69, 9.17) is 0 Å². The number of aromatic amines is 1. The highest BCUT2D eigenvalue weighted by Crippen LogP contribution is 2.34. The number of para-hydroxylation sites is 1. The molecule has 0 saturated heterocycles. The molecular weight excluding hydrogens is 282 g/mol. The highest BCUT2D eigenvalue weighted by atomic mass is 16.4. The predicted molar refractivity (Wildman–Crippen MR) is 81.6 cm³/mol. The standard InChI is InChI=1S/C16H19N3O3/c1-16(9-5-4-7-11(16)15(21)22)17-14(20)13-10-6-2-3-8-12(10)18-19-13/h2-3,6,8,11H,4-5,7,9H2,1H3,(H,17,20)(H,18,19)(H,21,22). The molecule has 6 heteroatoms. The van der Waals surface area contributed by atoms with Gasteiger partial charge in [0.05, 0.1) is 17.0 Å². The van der Waals surface area contributed by atoms with Crippen molar-refractivity contribution in [3.05, 3.63) is 30.0 Å². The van der Waals surface area contributed by atoms with Crippen molar-refractivity contribution in [1.82, 2.24) is 15.5 Å². The molecule has 1 saturated carbocycles. The van der Waals surface area contributed by atoms with Gasteiger partial charge in [0.25, 0.3) is 5.91 Å². The van der Waals surface area contributed by atoms with Gasteiger partial charge in [0.15, 0.2) is 5.69 Å². The van der Waals surface area contributed by atoms with Gasteiger partial charge in [-0.2, -0.15) is 5.10 Å². The Balaban J connectivity index is 1.88. The van der Waals surface area contributed by atoms with Crippen molar-refractivity contribution in [2.45, 2.75) is 38.1 Å². The highest BCUT2D eigenvalue weighted by Gasteiger charge is 2.42. The summed E-state index contributed by atoms with van der Waals surface area (Å²) in [6, 6.07) is 7.38. The lowest BCUT2D eigenvalue weighted by Gasteiger charge is -2.39. The molecule has 1 heterocycles. The van der Waals surface area contributed by atoms with E-state index in [1.54, 1.807) is 0 Å². The lowest BCUT2D eigenvalue weighted by atomic mass is 9.74. The fourth-order valence-electron chi connectivity index (χ4n) is 3.33. The summed E-state index contributed by atoms with van der Waals surface area (Å²) in [6.45, 7) is 1.82. The van der Waals surface area contributed by atoms with Crippen LogP contribution in [0.4, 0.5) is 0 Å². The molecule has 1 aliphatic carbocycles. The molecule has 1 aliphatic rings. The normalized spacial score (nSPS) is 25.0. The van der Waals surface area contributed by atoms with Gasteiger partial charge in [-0.15, -0.1) is 0 Å². The summed E-state index contributed by atoms with van der Waals surface area (Å²) in [5.74, 6) is -1.74. The molecule has 0 radical (unpaired) electrons. The van der Waals surface area contributed by atoms with E-state index in [2.05, 4.69) is 15.5 Å². The summed E-state index contributed by atoms with van der Waals surface area (Å²) in [4.78, 5) is 24.1. The number of nitrogens with one attached hydrogen (secondary N) is 2. The Hall–Kier alpha value is -2.37. The number of fused-ring (bicyclic) bond motifs is 1. The monoisotopic (exact) mass is 301 g/mol. The smallest absolute Gasteiger partial charge is 0.308 e. The number of H-pyrrole nitrogens is 1. The molecule has 3 N–H and O–H groups in total. The Morgan fingerprint density at radius 3 is 2.91 bits per heavy atom. The van der Waals surface area contributed by atoms with Gasteiger partial charge in [-0.25, -0.2) is 0 Å². The maximum Gasteiger partial charge on any atom is 0.308 e. The Kier molecular flexibility index (Phi) is 3.60. The summed E-state index contributed by atoms with van der Waals surface area (Å²) in [5.41, 5.74) is 0.365. The van der Waals surface area contributed by atoms with Gasteiger partial charge in [0, 0.05) is 5.39 Å². The Bertz CT molecular complexity index is 724. The number of carbonyl (C=O) groups excluding carboxylic acids is 1. The second-order valence-electron chi connectivity index (χ2n) is 6.13. The summed E-state index contributed by atoms with van der Waals surface area (Å²) in [5, 5.41) is 20.0. The molecule has 6 nitrogen and oxygen atoms in total. The van der Waals surface area contributed by atoms with Crippen molar-refractivity contribution in [2.75, 3.05) is 0 Å². The van der Waals surface area contributed by atoms with E-state index < -0.39 is 17.4 Å². The summed E-state index contributed by atoms with van der Waals surface area (Å²) < 4.78 is 0. The molecule has 2 aromatic rings. The first kappa shape index (κ1) is 14.6. The average Bonchev–Trinajstić information content (AvgIpc) is 2.91. The van der Waals surface area contributed by atoms with Crippen LogP contribution in [0.25, 0.3) is 10.9 Å². The number of aliphatic carboxylic acids is 1. The fraction of sp³-hybridized carbons (Fsp3) is 0.438. The minimum atomic E-state index is -0.852. The third-order valence-electron chi connectivity index (χ3n) is 4.59. The van der Waals surface area contributed by atoms with Crippen LogP contribution >= 0.6 is 0 Å². The first-order valence-electron chi connectivity index (χ1n) is 7.50. The molecule has 116 valence electrons. The number of aromatic nitrogens is 2. The van der Waals surface area contributed by atoms with Crippen LogP contribution in [-0.4, -0.2) is 32.7 Å². The quantitative estimate of drug-likeness (QED) is 0.810. The maximum absolute atomic E-state index is 12.6. The molecule has 1 amide bonds. The molecular formula is C16H19N3O3. The Morgan fingerprint density at radius 2 is 2.14 bits per heavy atom. The van der Waals surface area contributed by atoms with Crippen molar-refractivity contribution < 1.29 is 14.7 Å². The van der Waals surface area contributed by atoms with E-state index in [0.29, 0.717) is 18.5 Å². The minimum Gasteiger partial charge on any atom is -0.481 e. The van der Waals surface area contributed by atoms with Gasteiger partial charge in [0.2, 0.25) is 0 Å². The summed E-state index contributed by atoms with van der Waals surface area (Å²) >= 11 is 0. The first-order valence-corrected chi connectivity index (χ1v) is 7.50. The zero-order valence-electron chi connectivity index (χ0n) is 12.4. The molecule has 0 aliphatic heterocycles. The van der Waals surface area contributed by atoms with Crippen LogP contribution in [-0.2, 0) is 4.79 Å². The van der Waals surface area contributed by atoms with Crippen molar-refractivity contribution in [1.29, 1.82) is 0 Å². The largest absolute Gasteiger partial charge is 0.481 e. The zero-order valence-corrected chi connectivity index (χ0v) is 12.4. The molecule has 0 bridgehead atoms. The topological polar surface area (TPSA) is 95.1 Å². The molecule has 1 aromatic carbocycles. The van der Waals surface area contributed by atoms with E-state index in [9.17, 15) is 14.7 Å². The molecule has 0 spiro atoms. The van der Waals surface area contributed by atoms with Crippen LogP contribution in [0.5, 0.6) is 0 Å². The molecule has 22 heavy (non-hydrogen) atoms. The number of carboxylic acids is 1. The number of amides is 1. The van der Waals surface area contributed by atoms with E-state index in [1.807, 2.05) is 31.2 Å². The lowest BCUT2D eigenvalue weighted by Crippen LogP contribution is -2.55. The first-order chi connectivity index (χ1) is 10.5. The SMILES string of the molecule is CC1(NC(=O)c2n[nH]c3ccccc23)CCCCC1C(=O)O. The number of nitrogens with zero attached hydrogens (tertiary/aromatic N) is 1. The van der Waals surface area contributed by atoms with Crippen LogP contribution in [0.15, 0.2) is 24.3 Å². The molecule has 1 fully saturated rings. The van der Waals surface area contributed by atoms with Gasteiger partial charge in [-0.05, 0) is 25.8 Å². The number of carboxylic acid groups (broad SMARTS) is 1. The van der Waals surface area contributed by atoms with Crippen LogP contribution < -0.4 is 5.32 Å². The molecule has 2 unspecified atom stereocenters. The van der Waals surface area contributed by atoms with Gasteiger partial charge in [-0.1, -0.05) is 31.0 Å². The van der Waals surface area contributed by atoms with Crippen LogP contribution in [0.1, 0.15) is 43.1 Å². The summed E-state index contributed by atoms with van der Waals surface area (Å²) in [7, 11) is 0. The van der Waals surface area contributed by atoms with Crippen LogP contribution in [0, 0.1) is 5.92 Å². The van der Waals surface area contributed by atoms with E-state index in [0.717, 1.165) is 23.7 Å². The highest BCUT2D eigenvalue weighted by molar-refractivity contribution is 6.05. The zero-order chi connectivity index (χ0) is 15.7. The second-order valence-corrected chi connectivity index (χ2v) is 6.13. The maximum atomic E-state index is 12.6. The van der Waals surface area contributed by atoms with Crippen LogP contribution in [0.2, 0.25) is 0 Å². The van der Waals surface area contributed by atoms with Gasteiger partial charge < -0.3 is 10.4 Å². The van der Waals surface area contributed by atoms with Gasteiger partial charge >= 0.3 is 5.97 Å². The predicted octanol–water partition coefficient (Wildman–Crippen LogP) is 2.33. The van der Waals surface area contributed by atoms with Crippen molar-refractivity contribution in [2.24, 2.45) is 5.92 Å². The second kappa shape index (κ2) is 5.44. The van der Waals surface area contributed by atoms with E-state index >= 15 is 0 Å². The lowest BCUT2D eigenvalue weighted by molar-refractivity contribution is -0.145. The summed E-state index contributed by atoms with van der Waals surface area (Å²) in [6.07, 6.45) is 3.06. The van der Waals surface area contributed by atoms with Crippen molar-refractivity contribution in [3.63, 3.8) is 0 Å². The Labute approximate surface area is 127 Å². The van der Waals surface area contributed by atoms with Gasteiger partial charge in [0.1, 0.15) is 0 Å². The molecule has 3 rings (SSSR count). The number of hydrogen-bond acceptors (Lipinski definition) is 3. The third-order valence-corrected chi connectivity index (χ3v) is 4.59. The Morgan fingerprint density at radius 1 is 1.36 bits per heavy atom. The third kappa shape index (κ3) is 2.45. The van der Waals surface area contributed by atoms with Crippen molar-refractivity contribution in [3.8, 4) is 0 Å². The minimum absolute atomic E-state index is 0.312. The van der Waals surface area contributed by atoms with Gasteiger partial charge in [-0.3, -0.25) is 14.7 Å². The van der Waals surface area contributed by atoms with Crippen molar-refractivity contribution >= 4 is 22.8 Å². The van der Waals surface area contributed by atoms with E-state index in [-0.39, 0.29) is 5.91 Å². The number of carbonyl (C=O) groups is 2. The molecule has 1 aromatic heterocycles. The number of hydrogen-bond donors (Lipinski definition) is 3. The fourth-order valence-corrected chi connectivity index (χ4v) is 3.33. The number of benzene rings is 1. The average molecular weight is 301 g/mol. The molecule has 2 atom stereocenters. The van der Waals surface area contributed by atoms with E-state index in [1.165, 1.54) is 0 Å².